The second-order valence-corrected chi connectivity index (χ2v) is 5.09. The van der Waals surface area contributed by atoms with Crippen molar-refractivity contribution in [2.75, 3.05) is 6.61 Å². The SMILES string of the molecule is C=C(C)COc1ccc(Cl)cc1CNC1CC1. The van der Waals surface area contributed by atoms with Gasteiger partial charge < -0.3 is 10.1 Å². The third-order valence-electron chi connectivity index (χ3n) is 2.66. The van der Waals surface area contributed by atoms with Crippen LogP contribution < -0.4 is 10.1 Å². The van der Waals surface area contributed by atoms with Crippen LogP contribution in [0.5, 0.6) is 5.75 Å². The molecular formula is C14H18ClNO. The van der Waals surface area contributed by atoms with E-state index in [1.165, 1.54) is 12.8 Å². The Hall–Kier alpha value is -0.990. The van der Waals surface area contributed by atoms with Crippen LogP contribution in [0.1, 0.15) is 25.3 Å². The van der Waals surface area contributed by atoms with Crippen molar-refractivity contribution in [3.05, 3.63) is 40.9 Å². The Bertz CT molecular complexity index is 413. The van der Waals surface area contributed by atoms with E-state index >= 15 is 0 Å². The van der Waals surface area contributed by atoms with Crippen LogP contribution in [0, 0.1) is 0 Å². The van der Waals surface area contributed by atoms with E-state index in [2.05, 4.69) is 11.9 Å². The van der Waals surface area contributed by atoms with Crippen LogP contribution in [0.25, 0.3) is 0 Å². The summed E-state index contributed by atoms with van der Waals surface area (Å²) >= 11 is 6.01. The van der Waals surface area contributed by atoms with E-state index in [0.29, 0.717) is 12.6 Å². The Labute approximate surface area is 108 Å². The average Bonchev–Trinajstić information content (AvgIpc) is 3.08. The van der Waals surface area contributed by atoms with Gasteiger partial charge >= 0.3 is 0 Å². The van der Waals surface area contributed by atoms with Gasteiger partial charge in [-0.15, -0.1) is 0 Å². The fraction of sp³-hybridized carbons (Fsp3) is 0.429. The lowest BCUT2D eigenvalue weighted by atomic mass is 10.2. The summed E-state index contributed by atoms with van der Waals surface area (Å²) < 4.78 is 5.71. The smallest absolute Gasteiger partial charge is 0.124 e. The van der Waals surface area contributed by atoms with Gasteiger partial charge in [0.15, 0.2) is 0 Å². The zero-order valence-corrected chi connectivity index (χ0v) is 10.9. The molecule has 1 aromatic rings. The molecule has 0 amide bonds. The topological polar surface area (TPSA) is 21.3 Å². The summed E-state index contributed by atoms with van der Waals surface area (Å²) in [5.74, 6) is 0.894. The first-order chi connectivity index (χ1) is 8.15. The molecule has 0 aromatic heterocycles. The molecule has 1 aromatic carbocycles. The second-order valence-electron chi connectivity index (χ2n) is 4.65. The van der Waals surface area contributed by atoms with Crippen molar-refractivity contribution in [3.63, 3.8) is 0 Å². The van der Waals surface area contributed by atoms with Crippen molar-refractivity contribution in [3.8, 4) is 5.75 Å². The summed E-state index contributed by atoms with van der Waals surface area (Å²) in [5, 5.41) is 4.22. The largest absolute Gasteiger partial charge is 0.489 e. The maximum Gasteiger partial charge on any atom is 0.124 e. The van der Waals surface area contributed by atoms with E-state index in [4.69, 9.17) is 16.3 Å². The quantitative estimate of drug-likeness (QED) is 0.781. The summed E-state index contributed by atoms with van der Waals surface area (Å²) in [6.07, 6.45) is 2.56. The predicted molar refractivity (Wildman–Crippen MR) is 71.6 cm³/mol. The fourth-order valence-corrected chi connectivity index (χ4v) is 1.76. The zero-order chi connectivity index (χ0) is 12.3. The third kappa shape index (κ3) is 4.06. The molecule has 17 heavy (non-hydrogen) atoms. The summed E-state index contributed by atoms with van der Waals surface area (Å²) in [5.41, 5.74) is 2.13. The number of rotatable bonds is 6. The minimum absolute atomic E-state index is 0.554. The van der Waals surface area contributed by atoms with Crippen LogP contribution in [0.15, 0.2) is 30.4 Å². The predicted octanol–water partition coefficient (Wildman–Crippen LogP) is 3.55. The van der Waals surface area contributed by atoms with Gasteiger partial charge in [-0.1, -0.05) is 18.2 Å². The normalized spacial score (nSPS) is 14.7. The Balaban J connectivity index is 2.02. The molecule has 92 valence electrons. The Kier molecular flexibility index (Phi) is 4.08. The van der Waals surface area contributed by atoms with Crippen molar-refractivity contribution < 1.29 is 4.74 Å². The first kappa shape index (κ1) is 12.5. The van der Waals surface area contributed by atoms with E-state index in [-0.39, 0.29) is 0 Å². The van der Waals surface area contributed by atoms with Gasteiger partial charge in [0.25, 0.3) is 0 Å². The van der Waals surface area contributed by atoms with Crippen molar-refractivity contribution in [2.24, 2.45) is 0 Å². The molecule has 1 aliphatic carbocycles. The maximum atomic E-state index is 6.01. The number of hydrogen-bond donors (Lipinski definition) is 1. The minimum atomic E-state index is 0.554. The Morgan fingerprint density at radius 1 is 1.53 bits per heavy atom. The maximum absolute atomic E-state index is 6.01. The molecule has 0 heterocycles. The van der Waals surface area contributed by atoms with Gasteiger partial charge in [-0.2, -0.15) is 0 Å². The lowest BCUT2D eigenvalue weighted by Gasteiger charge is -2.12. The number of nitrogens with one attached hydrogen (secondary N) is 1. The van der Waals surface area contributed by atoms with Crippen LogP contribution in [0.3, 0.4) is 0 Å². The highest BCUT2D eigenvalue weighted by molar-refractivity contribution is 6.30. The Morgan fingerprint density at radius 3 is 2.94 bits per heavy atom. The molecule has 1 fully saturated rings. The molecule has 2 rings (SSSR count). The van der Waals surface area contributed by atoms with Crippen molar-refractivity contribution in [1.82, 2.24) is 5.32 Å². The molecule has 0 bridgehead atoms. The number of halogens is 1. The van der Waals surface area contributed by atoms with E-state index < -0.39 is 0 Å². The molecule has 1 aliphatic rings. The summed E-state index contributed by atoms with van der Waals surface area (Å²) in [6, 6.07) is 6.43. The van der Waals surface area contributed by atoms with E-state index in [9.17, 15) is 0 Å². The second kappa shape index (κ2) is 5.56. The van der Waals surface area contributed by atoms with Crippen LogP contribution in [-0.2, 0) is 6.54 Å². The van der Waals surface area contributed by atoms with Gasteiger partial charge in [0.05, 0.1) is 0 Å². The van der Waals surface area contributed by atoms with Crippen LogP contribution in [0.2, 0.25) is 5.02 Å². The molecule has 0 radical (unpaired) electrons. The monoisotopic (exact) mass is 251 g/mol. The third-order valence-corrected chi connectivity index (χ3v) is 2.89. The van der Waals surface area contributed by atoms with Crippen molar-refractivity contribution in [1.29, 1.82) is 0 Å². The first-order valence-corrected chi connectivity index (χ1v) is 6.32. The van der Waals surface area contributed by atoms with Crippen LogP contribution in [0.4, 0.5) is 0 Å². The molecule has 0 spiro atoms. The number of hydrogen-bond acceptors (Lipinski definition) is 2. The minimum Gasteiger partial charge on any atom is -0.489 e. The molecule has 1 saturated carbocycles. The van der Waals surface area contributed by atoms with Gasteiger partial charge in [0.1, 0.15) is 12.4 Å². The van der Waals surface area contributed by atoms with Gasteiger partial charge in [-0.3, -0.25) is 0 Å². The Morgan fingerprint density at radius 2 is 2.29 bits per heavy atom. The van der Waals surface area contributed by atoms with E-state index in [1.54, 1.807) is 0 Å². The fourth-order valence-electron chi connectivity index (χ4n) is 1.57. The molecule has 0 atom stereocenters. The molecule has 1 N–H and O–H groups in total. The van der Waals surface area contributed by atoms with Gasteiger partial charge in [0.2, 0.25) is 0 Å². The lowest BCUT2D eigenvalue weighted by Crippen LogP contribution is -2.16. The molecule has 3 heteroatoms. The molecular weight excluding hydrogens is 234 g/mol. The summed E-state index contributed by atoms with van der Waals surface area (Å²) in [7, 11) is 0. The highest BCUT2D eigenvalue weighted by Crippen LogP contribution is 2.25. The van der Waals surface area contributed by atoms with Crippen molar-refractivity contribution >= 4 is 11.6 Å². The summed E-state index contributed by atoms with van der Waals surface area (Å²) in [4.78, 5) is 0. The van der Waals surface area contributed by atoms with Gasteiger partial charge in [-0.25, -0.2) is 0 Å². The molecule has 2 nitrogen and oxygen atoms in total. The lowest BCUT2D eigenvalue weighted by molar-refractivity contribution is 0.347. The zero-order valence-electron chi connectivity index (χ0n) is 10.1. The average molecular weight is 252 g/mol. The number of benzene rings is 1. The standard InChI is InChI=1S/C14H18ClNO/c1-10(2)9-17-14-6-3-12(15)7-11(14)8-16-13-4-5-13/h3,6-7,13,16H,1,4-5,8-9H2,2H3. The summed E-state index contributed by atoms with van der Waals surface area (Å²) in [6.45, 7) is 7.16. The van der Waals surface area contributed by atoms with Crippen LogP contribution in [-0.4, -0.2) is 12.6 Å². The van der Waals surface area contributed by atoms with Gasteiger partial charge in [-0.05, 0) is 43.5 Å². The van der Waals surface area contributed by atoms with Crippen LogP contribution >= 0.6 is 11.6 Å². The van der Waals surface area contributed by atoms with E-state index in [1.807, 2.05) is 25.1 Å². The number of ether oxygens (including phenoxy) is 1. The molecule has 0 saturated heterocycles. The van der Waals surface area contributed by atoms with Crippen molar-refractivity contribution in [2.45, 2.75) is 32.4 Å². The molecule has 0 unspecified atom stereocenters. The highest BCUT2D eigenvalue weighted by Gasteiger charge is 2.20. The highest BCUT2D eigenvalue weighted by atomic mass is 35.5. The first-order valence-electron chi connectivity index (χ1n) is 5.94. The van der Waals surface area contributed by atoms with E-state index in [0.717, 1.165) is 28.5 Å². The van der Waals surface area contributed by atoms with Gasteiger partial charge in [0, 0.05) is 23.2 Å². The molecule has 0 aliphatic heterocycles.